The van der Waals surface area contributed by atoms with Crippen LogP contribution in [0.2, 0.25) is 0 Å². The maximum atomic E-state index is 12.0. The second-order valence-corrected chi connectivity index (χ2v) is 15.2. The van der Waals surface area contributed by atoms with Gasteiger partial charge in [-0.2, -0.15) is 8.62 Å². The summed E-state index contributed by atoms with van der Waals surface area (Å²) in [6, 6.07) is 18.7. The molecule has 0 heterocycles. The highest BCUT2D eigenvalue weighted by Gasteiger charge is 2.34. The average molecular weight is 723 g/mol. The second kappa shape index (κ2) is 15.5. The number of hydrogen-bond donors (Lipinski definition) is 6. The largest absolute Gasteiger partial charge is 0.536 e. The Hall–Kier alpha value is -2.64. The molecular formula is C26H33NO15P4. The normalized spacial score (nSPS) is 15.4. The highest BCUT2D eigenvalue weighted by atomic mass is 31.3. The fourth-order valence-corrected chi connectivity index (χ4v) is 7.27. The Balaban J connectivity index is 2.03. The third-order valence-electron chi connectivity index (χ3n) is 5.81. The molecule has 0 fully saturated rings. The van der Waals surface area contributed by atoms with E-state index in [2.05, 4.69) is 8.62 Å². The molecule has 0 aliphatic rings. The van der Waals surface area contributed by atoms with Crippen LogP contribution in [0.15, 0.2) is 72.8 Å². The summed E-state index contributed by atoms with van der Waals surface area (Å²) in [7, 11) is -17.1. The van der Waals surface area contributed by atoms with Crippen molar-refractivity contribution in [2.75, 3.05) is 27.2 Å². The van der Waals surface area contributed by atoms with E-state index in [0.29, 0.717) is 42.0 Å². The Morgan fingerprint density at radius 1 is 0.609 bits per heavy atom. The Morgan fingerprint density at radius 2 is 0.978 bits per heavy atom. The Labute approximate surface area is 264 Å². The van der Waals surface area contributed by atoms with E-state index in [0.717, 1.165) is 11.1 Å². The summed E-state index contributed by atoms with van der Waals surface area (Å²) in [6.07, 6.45) is 0.455. The molecule has 0 bridgehead atoms. The summed E-state index contributed by atoms with van der Waals surface area (Å²) < 4.78 is 69.0. The molecule has 3 rings (SSSR count). The molecule has 6 N–H and O–H groups in total. The predicted molar refractivity (Wildman–Crippen MR) is 167 cm³/mol. The number of rotatable bonds is 16. The minimum Gasteiger partial charge on any atom is -0.492 e. The van der Waals surface area contributed by atoms with E-state index in [9.17, 15) is 28.0 Å². The fourth-order valence-electron chi connectivity index (χ4n) is 4.07. The van der Waals surface area contributed by atoms with E-state index in [4.69, 9.17) is 33.4 Å². The van der Waals surface area contributed by atoms with Gasteiger partial charge in [-0.05, 0) is 84.8 Å². The second-order valence-electron chi connectivity index (χ2n) is 9.70. The average Bonchev–Trinajstić information content (AvgIpc) is 2.90. The van der Waals surface area contributed by atoms with E-state index >= 15 is 0 Å². The number of hydrogen-bond acceptors (Lipinski definition) is 10. The number of benzene rings is 3. The third-order valence-corrected chi connectivity index (χ3v) is 10.0. The van der Waals surface area contributed by atoms with Crippen LogP contribution >= 0.6 is 31.3 Å². The van der Waals surface area contributed by atoms with Crippen molar-refractivity contribution >= 4 is 42.4 Å². The van der Waals surface area contributed by atoms with Crippen LogP contribution in [0.1, 0.15) is 30.0 Å². The van der Waals surface area contributed by atoms with Crippen molar-refractivity contribution in [2.24, 2.45) is 0 Å². The van der Waals surface area contributed by atoms with Gasteiger partial charge in [0, 0.05) is 6.54 Å². The molecule has 0 aromatic heterocycles. The lowest BCUT2D eigenvalue weighted by atomic mass is 9.88. The molecule has 0 radical (unpaired) electrons. The van der Waals surface area contributed by atoms with Gasteiger partial charge < -0.3 is 38.3 Å². The molecule has 3 aromatic rings. The Kier molecular flexibility index (Phi) is 12.7. The standard InChI is InChI=1S/C26H33NO15P4/c1-4-25(19-5-13-23(14-6-19)39-45(34,35)41-43(28,29)30)26(20-7-11-22(12-8-20)38-18-17-27(2)3)21-9-15-24(16-10-21)40-46(36,37)42-44(31,32)33/h5-16H,4,17-18H2,1-3H3,(H,34,35)(H,36,37)(H2,28,29,30)(H2,31,32,33)/b26-25+. The van der Waals surface area contributed by atoms with Crippen molar-refractivity contribution in [3.63, 3.8) is 0 Å². The molecule has 2 unspecified atom stereocenters. The summed E-state index contributed by atoms with van der Waals surface area (Å²) in [4.78, 5) is 56.8. The fraction of sp³-hybridized carbons (Fsp3) is 0.231. The minimum atomic E-state index is -5.32. The zero-order valence-corrected chi connectivity index (χ0v) is 28.2. The number of allylic oxidation sites excluding steroid dienone is 1. The van der Waals surface area contributed by atoms with E-state index in [1.54, 1.807) is 36.4 Å². The molecule has 20 heteroatoms. The maximum Gasteiger partial charge on any atom is 0.536 e. The molecular weight excluding hydrogens is 690 g/mol. The van der Waals surface area contributed by atoms with E-state index in [-0.39, 0.29) is 11.5 Å². The van der Waals surface area contributed by atoms with Crippen molar-refractivity contribution in [1.82, 2.24) is 4.90 Å². The molecule has 0 saturated heterocycles. The van der Waals surface area contributed by atoms with E-state index in [1.807, 2.05) is 38.1 Å². The number of phosphoric acid groups is 4. The Bertz CT molecular complexity index is 1700. The van der Waals surface area contributed by atoms with Crippen LogP contribution in [-0.2, 0) is 26.9 Å². The third kappa shape index (κ3) is 12.5. The van der Waals surface area contributed by atoms with Gasteiger partial charge in [-0.15, -0.1) is 0 Å². The maximum absolute atomic E-state index is 12.0. The zero-order valence-electron chi connectivity index (χ0n) is 24.6. The highest BCUT2D eigenvalue weighted by Crippen LogP contribution is 2.58. The van der Waals surface area contributed by atoms with Crippen LogP contribution in [0.3, 0.4) is 0 Å². The quantitative estimate of drug-likeness (QED) is 0.0825. The molecule has 16 nitrogen and oxygen atoms in total. The first kappa shape index (κ1) is 37.8. The van der Waals surface area contributed by atoms with Crippen LogP contribution in [0, 0.1) is 0 Å². The summed E-state index contributed by atoms with van der Waals surface area (Å²) in [5.74, 6) is 0.215. The summed E-state index contributed by atoms with van der Waals surface area (Å²) in [6.45, 7) is 3.05. The van der Waals surface area contributed by atoms with Crippen LogP contribution in [-0.4, -0.2) is 61.5 Å². The highest BCUT2D eigenvalue weighted by molar-refractivity contribution is 7.61. The molecule has 252 valence electrons. The van der Waals surface area contributed by atoms with Gasteiger partial charge in [0.05, 0.1) is 0 Å². The van der Waals surface area contributed by atoms with Crippen LogP contribution in [0.5, 0.6) is 17.2 Å². The van der Waals surface area contributed by atoms with Crippen molar-refractivity contribution in [2.45, 2.75) is 13.3 Å². The number of phosphoric ester groups is 2. The van der Waals surface area contributed by atoms with Crippen LogP contribution in [0.25, 0.3) is 11.1 Å². The molecule has 2 atom stereocenters. The van der Waals surface area contributed by atoms with Crippen molar-refractivity contribution in [1.29, 1.82) is 0 Å². The molecule has 0 saturated carbocycles. The van der Waals surface area contributed by atoms with Gasteiger partial charge in [0.25, 0.3) is 0 Å². The van der Waals surface area contributed by atoms with Crippen molar-refractivity contribution < 1.29 is 70.0 Å². The summed E-state index contributed by atoms with van der Waals surface area (Å²) in [5.41, 5.74) is 3.43. The van der Waals surface area contributed by atoms with Crippen LogP contribution < -0.4 is 13.8 Å². The van der Waals surface area contributed by atoms with Crippen molar-refractivity contribution in [3.05, 3.63) is 89.5 Å². The molecule has 46 heavy (non-hydrogen) atoms. The van der Waals surface area contributed by atoms with Gasteiger partial charge in [-0.3, -0.25) is 9.79 Å². The first-order valence-electron chi connectivity index (χ1n) is 13.2. The smallest absolute Gasteiger partial charge is 0.492 e. The summed E-state index contributed by atoms with van der Waals surface area (Å²) >= 11 is 0. The van der Waals surface area contributed by atoms with Gasteiger partial charge in [0.1, 0.15) is 23.9 Å². The van der Waals surface area contributed by atoms with Gasteiger partial charge in [-0.25, -0.2) is 18.3 Å². The topological polar surface area (TPSA) is 239 Å². The number of nitrogens with zero attached hydrogens (tertiary/aromatic N) is 1. The van der Waals surface area contributed by atoms with Crippen LogP contribution in [0.4, 0.5) is 0 Å². The lowest BCUT2D eigenvalue weighted by molar-refractivity contribution is 0.225. The molecule has 0 amide bonds. The number of likely N-dealkylation sites (N-methyl/N-ethyl adjacent to an activating group) is 1. The Morgan fingerprint density at radius 3 is 1.33 bits per heavy atom. The molecule has 0 aliphatic heterocycles. The molecule has 0 aliphatic carbocycles. The van der Waals surface area contributed by atoms with Gasteiger partial charge in [0.2, 0.25) is 0 Å². The van der Waals surface area contributed by atoms with E-state index < -0.39 is 31.3 Å². The minimum absolute atomic E-state index is 0.202. The van der Waals surface area contributed by atoms with Gasteiger partial charge in [-0.1, -0.05) is 43.3 Å². The SMILES string of the molecule is CC/C(=C(/c1ccc(OCCN(C)C)cc1)c1ccc(OP(=O)(O)OP(=O)(O)O)cc1)c1ccc(OP(=O)(O)OP(=O)(O)O)cc1. The van der Waals surface area contributed by atoms with Gasteiger partial charge >= 0.3 is 31.3 Å². The lowest BCUT2D eigenvalue weighted by Gasteiger charge is -2.18. The van der Waals surface area contributed by atoms with E-state index in [1.165, 1.54) is 24.3 Å². The number of ether oxygens (including phenoxy) is 1. The monoisotopic (exact) mass is 723 g/mol. The summed E-state index contributed by atoms with van der Waals surface area (Å²) in [5, 5.41) is 0. The zero-order chi connectivity index (χ0) is 34.3. The lowest BCUT2D eigenvalue weighted by Crippen LogP contribution is -2.19. The van der Waals surface area contributed by atoms with Crippen molar-refractivity contribution in [3.8, 4) is 17.2 Å². The predicted octanol–water partition coefficient (Wildman–Crippen LogP) is 5.17. The molecule has 3 aromatic carbocycles. The first-order valence-corrected chi connectivity index (χ1v) is 19.2. The van der Waals surface area contributed by atoms with Gasteiger partial charge in [0.15, 0.2) is 0 Å². The molecule has 0 spiro atoms. The first-order chi connectivity index (χ1) is 21.3.